The maximum absolute atomic E-state index is 12.6. The Hall–Kier alpha value is -1.56. The number of hydrogen-bond acceptors (Lipinski definition) is 4. The summed E-state index contributed by atoms with van der Waals surface area (Å²) in [6.07, 6.45) is 4.44. The van der Waals surface area contributed by atoms with E-state index in [4.69, 9.17) is 4.74 Å². The van der Waals surface area contributed by atoms with Crippen LogP contribution in [0.3, 0.4) is 0 Å². The Bertz CT molecular complexity index is 768. The van der Waals surface area contributed by atoms with Crippen molar-refractivity contribution in [3.05, 3.63) is 29.8 Å². The van der Waals surface area contributed by atoms with Gasteiger partial charge in [-0.1, -0.05) is 12.1 Å². The summed E-state index contributed by atoms with van der Waals surface area (Å²) in [7, 11) is -3.11. The molecule has 1 saturated heterocycles. The molecular formula is C22H33NO4S. The van der Waals surface area contributed by atoms with Crippen LogP contribution in [0.15, 0.2) is 24.3 Å². The fourth-order valence-corrected chi connectivity index (χ4v) is 4.85. The third-order valence-corrected chi connectivity index (χ3v) is 8.59. The Morgan fingerprint density at radius 1 is 1.04 bits per heavy atom. The molecule has 6 heteroatoms. The normalized spacial score (nSPS) is 18.9. The van der Waals surface area contributed by atoms with Gasteiger partial charge in [-0.2, -0.15) is 0 Å². The van der Waals surface area contributed by atoms with E-state index in [1.165, 1.54) is 12.8 Å². The molecule has 0 bridgehead atoms. The van der Waals surface area contributed by atoms with Gasteiger partial charge in [0.1, 0.15) is 5.75 Å². The van der Waals surface area contributed by atoms with Crippen LogP contribution in [0.4, 0.5) is 0 Å². The van der Waals surface area contributed by atoms with E-state index in [1.807, 2.05) is 29.2 Å². The first kappa shape index (κ1) is 21.2. The average Bonchev–Trinajstić information content (AvgIpc) is 3.45. The lowest BCUT2D eigenvalue weighted by Gasteiger charge is -2.33. The first-order chi connectivity index (χ1) is 13.1. The van der Waals surface area contributed by atoms with E-state index in [0.717, 1.165) is 36.7 Å². The first-order valence-electron chi connectivity index (χ1n) is 10.4. The van der Waals surface area contributed by atoms with E-state index in [2.05, 4.69) is 0 Å². The molecule has 1 heterocycles. The predicted octanol–water partition coefficient (Wildman–Crippen LogP) is 3.47. The molecule has 0 radical (unpaired) electrons. The minimum absolute atomic E-state index is 0.115. The lowest BCUT2D eigenvalue weighted by atomic mass is 9.98. The van der Waals surface area contributed by atoms with Crippen molar-refractivity contribution in [1.82, 2.24) is 4.90 Å². The molecule has 0 spiro atoms. The molecular weight excluding hydrogens is 374 g/mol. The van der Waals surface area contributed by atoms with Gasteiger partial charge in [0.05, 0.1) is 23.5 Å². The van der Waals surface area contributed by atoms with Gasteiger partial charge >= 0.3 is 0 Å². The maximum Gasteiger partial charge on any atom is 0.226 e. The molecule has 0 aromatic heterocycles. The lowest BCUT2D eigenvalue weighted by molar-refractivity contribution is -0.131. The number of piperidine rings is 1. The van der Waals surface area contributed by atoms with Crippen molar-refractivity contribution in [3.8, 4) is 5.75 Å². The van der Waals surface area contributed by atoms with Gasteiger partial charge in [0.2, 0.25) is 5.91 Å². The number of sulfone groups is 1. The summed E-state index contributed by atoms with van der Waals surface area (Å²) in [5.41, 5.74) is 0.987. The summed E-state index contributed by atoms with van der Waals surface area (Å²) in [5.74, 6) is 2.08. The second kappa shape index (κ2) is 8.44. The zero-order valence-corrected chi connectivity index (χ0v) is 18.1. The average molecular weight is 408 g/mol. The summed E-state index contributed by atoms with van der Waals surface area (Å²) in [6, 6.07) is 7.80. The zero-order chi connectivity index (χ0) is 20.4. The minimum atomic E-state index is -3.11. The van der Waals surface area contributed by atoms with Crippen molar-refractivity contribution in [3.63, 3.8) is 0 Å². The topological polar surface area (TPSA) is 63.7 Å². The summed E-state index contributed by atoms with van der Waals surface area (Å²) in [4.78, 5) is 14.5. The molecule has 2 aliphatic rings. The first-order valence-corrected chi connectivity index (χ1v) is 12.0. The number of carbonyl (C=O) groups excluding carboxylic acids is 1. The molecule has 156 valence electrons. The van der Waals surface area contributed by atoms with Crippen LogP contribution in [0.2, 0.25) is 0 Å². The van der Waals surface area contributed by atoms with Crippen molar-refractivity contribution >= 4 is 15.7 Å². The van der Waals surface area contributed by atoms with Crippen LogP contribution in [0, 0.1) is 11.8 Å². The van der Waals surface area contributed by atoms with E-state index in [0.29, 0.717) is 19.5 Å². The second-order valence-electron chi connectivity index (χ2n) is 9.29. The van der Waals surface area contributed by atoms with Crippen LogP contribution < -0.4 is 4.74 Å². The highest BCUT2D eigenvalue weighted by molar-refractivity contribution is 7.92. The van der Waals surface area contributed by atoms with Gasteiger partial charge in [-0.25, -0.2) is 8.42 Å². The van der Waals surface area contributed by atoms with Gasteiger partial charge in [0, 0.05) is 13.1 Å². The predicted molar refractivity (Wildman–Crippen MR) is 111 cm³/mol. The Labute approximate surface area is 169 Å². The number of likely N-dealkylation sites (tertiary alicyclic amines) is 1. The molecule has 0 N–H and O–H groups in total. The number of benzene rings is 1. The summed E-state index contributed by atoms with van der Waals surface area (Å²) in [6.45, 7) is 7.34. The van der Waals surface area contributed by atoms with E-state index < -0.39 is 14.6 Å². The summed E-state index contributed by atoms with van der Waals surface area (Å²) < 4.78 is 29.8. The highest BCUT2D eigenvalue weighted by Crippen LogP contribution is 2.29. The molecule has 1 aromatic carbocycles. The minimum Gasteiger partial charge on any atom is -0.493 e. The fourth-order valence-electron chi connectivity index (χ4n) is 3.40. The maximum atomic E-state index is 12.6. The van der Waals surface area contributed by atoms with Crippen molar-refractivity contribution < 1.29 is 17.9 Å². The van der Waals surface area contributed by atoms with Crippen LogP contribution in [0.5, 0.6) is 5.75 Å². The van der Waals surface area contributed by atoms with Crippen molar-refractivity contribution in [2.24, 2.45) is 11.8 Å². The molecule has 5 nitrogen and oxygen atoms in total. The molecule has 0 atom stereocenters. The van der Waals surface area contributed by atoms with E-state index >= 15 is 0 Å². The number of rotatable bonds is 7. The molecule has 0 unspecified atom stereocenters. The van der Waals surface area contributed by atoms with Gasteiger partial charge in [-0.15, -0.1) is 0 Å². The van der Waals surface area contributed by atoms with E-state index in [1.54, 1.807) is 20.8 Å². The number of amides is 1. The zero-order valence-electron chi connectivity index (χ0n) is 17.3. The highest BCUT2D eigenvalue weighted by Gasteiger charge is 2.33. The quantitative estimate of drug-likeness (QED) is 0.694. The number of ether oxygens (including phenoxy) is 1. The number of hydrogen-bond donors (Lipinski definition) is 0. The van der Waals surface area contributed by atoms with Crippen molar-refractivity contribution in [2.75, 3.05) is 25.4 Å². The van der Waals surface area contributed by atoms with Gasteiger partial charge < -0.3 is 9.64 Å². The van der Waals surface area contributed by atoms with Gasteiger partial charge in [0.25, 0.3) is 0 Å². The Kier molecular flexibility index (Phi) is 6.37. The third-order valence-electron chi connectivity index (χ3n) is 5.82. The fraction of sp³-hybridized carbons (Fsp3) is 0.682. The summed E-state index contributed by atoms with van der Waals surface area (Å²) >= 11 is 0. The molecule has 1 amide bonds. The largest absolute Gasteiger partial charge is 0.493 e. The van der Waals surface area contributed by atoms with E-state index in [-0.39, 0.29) is 17.6 Å². The number of nitrogens with zero attached hydrogens (tertiary/aromatic N) is 1. The molecule has 1 aliphatic carbocycles. The van der Waals surface area contributed by atoms with Crippen LogP contribution >= 0.6 is 0 Å². The van der Waals surface area contributed by atoms with Crippen molar-refractivity contribution in [2.45, 2.75) is 57.6 Å². The van der Waals surface area contributed by atoms with Gasteiger partial charge in [-0.05, 0) is 76.0 Å². The molecule has 1 saturated carbocycles. The molecule has 28 heavy (non-hydrogen) atoms. The van der Waals surface area contributed by atoms with Crippen LogP contribution in [0.1, 0.15) is 52.0 Å². The monoisotopic (exact) mass is 407 g/mol. The van der Waals surface area contributed by atoms with Gasteiger partial charge in [0.15, 0.2) is 9.84 Å². The van der Waals surface area contributed by atoms with Crippen LogP contribution in [0.25, 0.3) is 0 Å². The van der Waals surface area contributed by atoms with Crippen LogP contribution in [-0.2, 0) is 21.1 Å². The molecule has 1 aromatic rings. The smallest absolute Gasteiger partial charge is 0.226 e. The number of carbonyl (C=O) groups is 1. The van der Waals surface area contributed by atoms with Crippen molar-refractivity contribution in [1.29, 1.82) is 0 Å². The Morgan fingerprint density at radius 2 is 1.64 bits per heavy atom. The molecule has 1 aliphatic heterocycles. The lowest BCUT2D eigenvalue weighted by Crippen LogP contribution is -2.42. The Balaban J connectivity index is 1.44. The molecule has 2 fully saturated rings. The standard InChI is InChI=1S/C22H33NO4S/c1-22(2,3)28(25,26)16-19-10-12-23(13-11-19)21(24)14-17-6-8-20(9-7-17)27-15-18-4-5-18/h6-9,18-19H,4-5,10-16H2,1-3H3. The Morgan fingerprint density at radius 3 is 2.18 bits per heavy atom. The van der Waals surface area contributed by atoms with Gasteiger partial charge in [-0.3, -0.25) is 4.79 Å². The van der Waals surface area contributed by atoms with Crippen LogP contribution in [-0.4, -0.2) is 49.4 Å². The highest BCUT2D eigenvalue weighted by atomic mass is 32.2. The summed E-state index contributed by atoms with van der Waals surface area (Å²) in [5, 5.41) is 0. The third kappa shape index (κ3) is 5.72. The molecule has 3 rings (SSSR count). The SMILES string of the molecule is CC(C)(C)S(=O)(=O)CC1CCN(C(=O)Cc2ccc(OCC3CC3)cc2)CC1. The second-order valence-corrected chi connectivity index (χ2v) is 12.1. The van der Waals surface area contributed by atoms with E-state index in [9.17, 15) is 13.2 Å².